The second kappa shape index (κ2) is 8.58. The third kappa shape index (κ3) is 4.57. The maximum absolute atomic E-state index is 3.60. The van der Waals surface area contributed by atoms with Crippen LogP contribution in [0.4, 0.5) is 0 Å². The minimum absolute atomic E-state index is 0.545. The van der Waals surface area contributed by atoms with Crippen LogP contribution < -0.4 is 5.32 Å². The van der Waals surface area contributed by atoms with Crippen molar-refractivity contribution in [2.45, 2.75) is 71.3 Å². The molecule has 1 nitrogen and oxygen atoms in total. The van der Waals surface area contributed by atoms with Gasteiger partial charge in [0.2, 0.25) is 0 Å². The molecule has 1 aromatic rings. The smallest absolute Gasteiger partial charge is 0.0346 e. The molecule has 0 spiro atoms. The van der Waals surface area contributed by atoms with Crippen LogP contribution in [-0.4, -0.2) is 7.05 Å². The molecule has 1 aliphatic rings. The monoisotopic (exact) mass is 287 g/mol. The van der Waals surface area contributed by atoms with Gasteiger partial charge >= 0.3 is 0 Å². The molecule has 1 N–H and O–H groups in total. The van der Waals surface area contributed by atoms with E-state index >= 15 is 0 Å². The summed E-state index contributed by atoms with van der Waals surface area (Å²) in [6.07, 6.45) is 11.0. The number of benzene rings is 1. The molecular weight excluding hydrogens is 254 g/mol. The van der Waals surface area contributed by atoms with Crippen LogP contribution in [0, 0.1) is 11.8 Å². The topological polar surface area (TPSA) is 12.0 Å². The second-order valence-electron chi connectivity index (χ2n) is 6.79. The first kappa shape index (κ1) is 16.5. The molecule has 21 heavy (non-hydrogen) atoms. The Morgan fingerprint density at radius 3 is 2.52 bits per heavy atom. The van der Waals surface area contributed by atoms with Crippen molar-refractivity contribution in [3.05, 3.63) is 35.4 Å². The highest BCUT2D eigenvalue weighted by Crippen LogP contribution is 2.38. The first-order valence-corrected chi connectivity index (χ1v) is 9.04. The van der Waals surface area contributed by atoms with Crippen LogP contribution in [0.1, 0.15) is 76.0 Å². The molecule has 0 amide bonds. The van der Waals surface area contributed by atoms with Crippen molar-refractivity contribution in [2.75, 3.05) is 7.05 Å². The number of rotatable bonds is 7. The molecule has 1 unspecified atom stereocenters. The van der Waals surface area contributed by atoms with Gasteiger partial charge in [0.1, 0.15) is 0 Å². The Bertz CT molecular complexity index is 404. The summed E-state index contributed by atoms with van der Waals surface area (Å²) in [6.45, 7) is 4.55. The minimum atomic E-state index is 0.545. The highest BCUT2D eigenvalue weighted by Gasteiger charge is 2.27. The molecule has 0 aliphatic heterocycles. The van der Waals surface area contributed by atoms with Crippen LogP contribution in [0.15, 0.2) is 24.3 Å². The highest BCUT2D eigenvalue weighted by molar-refractivity contribution is 5.26. The Kier molecular flexibility index (Phi) is 6.76. The SMILES string of the molecule is CCCCC1CCC(C(NC)c2cccc(CC)c2)CC1. The van der Waals surface area contributed by atoms with Gasteiger partial charge in [-0.25, -0.2) is 0 Å². The number of hydrogen-bond acceptors (Lipinski definition) is 1. The second-order valence-corrected chi connectivity index (χ2v) is 6.79. The van der Waals surface area contributed by atoms with Gasteiger partial charge < -0.3 is 5.32 Å². The average molecular weight is 287 g/mol. The van der Waals surface area contributed by atoms with Crippen molar-refractivity contribution in [3.8, 4) is 0 Å². The van der Waals surface area contributed by atoms with Gasteiger partial charge in [0.25, 0.3) is 0 Å². The maximum Gasteiger partial charge on any atom is 0.0346 e. The van der Waals surface area contributed by atoms with E-state index in [0.29, 0.717) is 6.04 Å². The van der Waals surface area contributed by atoms with E-state index in [1.165, 1.54) is 56.1 Å². The van der Waals surface area contributed by atoms with Gasteiger partial charge in [-0.15, -0.1) is 0 Å². The van der Waals surface area contributed by atoms with Gasteiger partial charge in [-0.3, -0.25) is 0 Å². The summed E-state index contributed by atoms with van der Waals surface area (Å²) in [5.74, 6) is 1.82. The lowest BCUT2D eigenvalue weighted by atomic mass is 9.75. The largest absolute Gasteiger partial charge is 0.313 e. The molecule has 2 rings (SSSR count). The first-order valence-electron chi connectivity index (χ1n) is 9.04. The summed E-state index contributed by atoms with van der Waals surface area (Å²) in [7, 11) is 2.13. The summed E-state index contributed by atoms with van der Waals surface area (Å²) in [5.41, 5.74) is 2.96. The van der Waals surface area contributed by atoms with E-state index in [9.17, 15) is 0 Å². The maximum atomic E-state index is 3.60. The quantitative estimate of drug-likeness (QED) is 0.697. The van der Waals surface area contributed by atoms with Crippen molar-refractivity contribution in [2.24, 2.45) is 11.8 Å². The zero-order chi connectivity index (χ0) is 15.1. The summed E-state index contributed by atoms with van der Waals surface area (Å²) >= 11 is 0. The third-order valence-corrected chi connectivity index (χ3v) is 5.36. The van der Waals surface area contributed by atoms with E-state index in [1.807, 2.05) is 0 Å². The lowest BCUT2D eigenvalue weighted by molar-refractivity contribution is 0.218. The van der Waals surface area contributed by atoms with Gasteiger partial charge in [-0.2, -0.15) is 0 Å². The van der Waals surface area contributed by atoms with E-state index in [4.69, 9.17) is 0 Å². The van der Waals surface area contributed by atoms with E-state index in [2.05, 4.69) is 50.5 Å². The predicted octanol–water partition coefficient (Wildman–Crippen LogP) is 5.51. The van der Waals surface area contributed by atoms with Crippen molar-refractivity contribution in [3.63, 3.8) is 0 Å². The molecule has 0 saturated heterocycles. The van der Waals surface area contributed by atoms with Gasteiger partial charge in [0.15, 0.2) is 0 Å². The lowest BCUT2D eigenvalue weighted by Crippen LogP contribution is -2.28. The van der Waals surface area contributed by atoms with Crippen LogP contribution in [0.5, 0.6) is 0 Å². The lowest BCUT2D eigenvalue weighted by Gasteiger charge is -2.34. The fraction of sp³-hybridized carbons (Fsp3) is 0.700. The van der Waals surface area contributed by atoms with Gasteiger partial charge in [-0.05, 0) is 49.3 Å². The molecule has 1 saturated carbocycles. The van der Waals surface area contributed by atoms with Crippen LogP contribution in [0.25, 0.3) is 0 Å². The van der Waals surface area contributed by atoms with Crippen molar-refractivity contribution < 1.29 is 0 Å². The van der Waals surface area contributed by atoms with Crippen LogP contribution in [-0.2, 0) is 6.42 Å². The molecule has 1 aromatic carbocycles. The Balaban J connectivity index is 1.96. The zero-order valence-electron chi connectivity index (χ0n) is 14.2. The number of unbranched alkanes of at least 4 members (excludes halogenated alkanes) is 1. The predicted molar refractivity (Wildman–Crippen MR) is 92.6 cm³/mol. The zero-order valence-corrected chi connectivity index (χ0v) is 14.2. The highest BCUT2D eigenvalue weighted by atomic mass is 14.9. The molecule has 1 fully saturated rings. The fourth-order valence-electron chi connectivity index (χ4n) is 3.98. The van der Waals surface area contributed by atoms with Crippen molar-refractivity contribution in [1.82, 2.24) is 5.32 Å². The summed E-state index contributed by atoms with van der Waals surface area (Å²) < 4.78 is 0. The molecule has 0 bridgehead atoms. The van der Waals surface area contributed by atoms with Crippen LogP contribution in [0.2, 0.25) is 0 Å². The van der Waals surface area contributed by atoms with E-state index in [-0.39, 0.29) is 0 Å². The van der Waals surface area contributed by atoms with Crippen LogP contribution in [0.3, 0.4) is 0 Å². The number of aryl methyl sites for hydroxylation is 1. The minimum Gasteiger partial charge on any atom is -0.313 e. The van der Waals surface area contributed by atoms with Crippen molar-refractivity contribution in [1.29, 1.82) is 0 Å². The molecule has 0 heterocycles. The Hall–Kier alpha value is -0.820. The molecule has 0 radical (unpaired) electrons. The van der Waals surface area contributed by atoms with Crippen molar-refractivity contribution >= 4 is 0 Å². The molecule has 118 valence electrons. The Labute approximate surface area is 131 Å². The average Bonchev–Trinajstić information content (AvgIpc) is 2.55. The van der Waals surface area contributed by atoms with E-state index in [0.717, 1.165) is 18.3 Å². The normalized spacial score (nSPS) is 24.0. The number of hydrogen-bond donors (Lipinski definition) is 1. The number of nitrogens with one attached hydrogen (secondary N) is 1. The molecule has 0 aromatic heterocycles. The third-order valence-electron chi connectivity index (χ3n) is 5.36. The van der Waals surface area contributed by atoms with Gasteiger partial charge in [0, 0.05) is 6.04 Å². The first-order chi connectivity index (χ1) is 10.3. The molecular formula is C20H33N. The van der Waals surface area contributed by atoms with Gasteiger partial charge in [-0.1, -0.05) is 70.2 Å². The molecule has 1 atom stereocenters. The van der Waals surface area contributed by atoms with Gasteiger partial charge in [0.05, 0.1) is 0 Å². The Morgan fingerprint density at radius 1 is 1.14 bits per heavy atom. The summed E-state index contributed by atoms with van der Waals surface area (Å²) in [4.78, 5) is 0. The standard InChI is InChI=1S/C20H33N/c1-4-6-8-17-11-13-18(14-12-17)20(21-3)19-10-7-9-16(5-2)15-19/h7,9-10,15,17-18,20-21H,4-6,8,11-14H2,1-3H3. The summed E-state index contributed by atoms with van der Waals surface area (Å²) in [6, 6.07) is 9.74. The molecule has 1 aliphatic carbocycles. The van der Waals surface area contributed by atoms with E-state index in [1.54, 1.807) is 0 Å². The van der Waals surface area contributed by atoms with E-state index < -0.39 is 0 Å². The Morgan fingerprint density at radius 2 is 1.90 bits per heavy atom. The summed E-state index contributed by atoms with van der Waals surface area (Å²) in [5, 5.41) is 3.60. The molecule has 1 heteroatoms. The fourth-order valence-corrected chi connectivity index (χ4v) is 3.98. The van der Waals surface area contributed by atoms with Crippen LogP contribution >= 0.6 is 0 Å².